The number of ether oxygens (including phenoxy) is 2. The summed E-state index contributed by atoms with van der Waals surface area (Å²) in [6.45, 7) is 2.11. The number of benzene rings is 1. The molecule has 0 radical (unpaired) electrons. The molecular formula is C22H24N2O5S. The maximum Gasteiger partial charge on any atom is 0.295 e. The molecule has 1 aromatic heterocycles. The van der Waals surface area contributed by atoms with Crippen LogP contribution >= 0.6 is 11.3 Å². The summed E-state index contributed by atoms with van der Waals surface area (Å²) in [5.74, 6) is -0.328. The van der Waals surface area contributed by atoms with Gasteiger partial charge in [-0.3, -0.25) is 9.59 Å². The minimum absolute atomic E-state index is 0.115. The fraction of sp³-hybridized carbons (Fsp3) is 0.364. The summed E-state index contributed by atoms with van der Waals surface area (Å²) >= 11 is 1.46. The first-order valence-corrected chi connectivity index (χ1v) is 10.7. The molecule has 158 valence electrons. The minimum atomic E-state index is -0.661. The summed E-state index contributed by atoms with van der Waals surface area (Å²) in [5.41, 5.74) is 0.538. The molecule has 8 heteroatoms. The highest BCUT2D eigenvalue weighted by Crippen LogP contribution is 2.42. The number of amides is 1. The predicted octanol–water partition coefficient (Wildman–Crippen LogP) is 2.89. The summed E-state index contributed by atoms with van der Waals surface area (Å²) in [7, 11) is 3.93. The highest BCUT2D eigenvalue weighted by molar-refractivity contribution is 7.10. The molecule has 2 aliphatic heterocycles. The maximum atomic E-state index is 13.0. The molecule has 0 bridgehead atoms. The fourth-order valence-corrected chi connectivity index (χ4v) is 4.60. The number of fused-ring (bicyclic) bond motifs is 1. The third-order valence-corrected chi connectivity index (χ3v) is 6.10. The van der Waals surface area contributed by atoms with Crippen LogP contribution in [0.3, 0.4) is 0 Å². The number of Topliss-reactive ketones (excluding diaryl/α,β-unsaturated/α-hetero) is 1. The van der Waals surface area contributed by atoms with E-state index in [1.807, 2.05) is 36.5 Å². The van der Waals surface area contributed by atoms with Gasteiger partial charge in [-0.25, -0.2) is 0 Å². The summed E-state index contributed by atoms with van der Waals surface area (Å²) in [6.07, 6.45) is 0.728. The van der Waals surface area contributed by atoms with Crippen molar-refractivity contribution >= 4 is 28.8 Å². The number of hydrogen-bond donors (Lipinski definition) is 1. The largest absolute Gasteiger partial charge is 0.507 e. The van der Waals surface area contributed by atoms with Gasteiger partial charge in [0.25, 0.3) is 11.7 Å². The molecule has 7 nitrogen and oxygen atoms in total. The van der Waals surface area contributed by atoms with E-state index >= 15 is 0 Å². The first kappa shape index (κ1) is 20.4. The lowest BCUT2D eigenvalue weighted by Gasteiger charge is -2.25. The van der Waals surface area contributed by atoms with Crippen LogP contribution in [0.4, 0.5) is 0 Å². The third kappa shape index (κ3) is 3.80. The van der Waals surface area contributed by atoms with Crippen LogP contribution in [0.2, 0.25) is 0 Å². The van der Waals surface area contributed by atoms with Crippen LogP contribution in [0.1, 0.15) is 22.9 Å². The van der Waals surface area contributed by atoms with E-state index < -0.39 is 17.7 Å². The lowest BCUT2D eigenvalue weighted by Crippen LogP contribution is -2.32. The number of hydrogen-bond acceptors (Lipinski definition) is 7. The predicted molar refractivity (Wildman–Crippen MR) is 114 cm³/mol. The number of rotatable bonds is 6. The van der Waals surface area contributed by atoms with Crippen LogP contribution in [0.5, 0.6) is 11.5 Å². The molecule has 0 unspecified atom stereocenters. The van der Waals surface area contributed by atoms with E-state index in [9.17, 15) is 14.7 Å². The number of aliphatic hydroxyl groups excluding tert-OH is 1. The molecule has 4 rings (SSSR count). The van der Waals surface area contributed by atoms with Crippen molar-refractivity contribution in [2.45, 2.75) is 12.5 Å². The maximum absolute atomic E-state index is 13.0. The van der Waals surface area contributed by atoms with Crippen LogP contribution in [0.15, 0.2) is 41.3 Å². The number of carbonyl (C=O) groups is 2. The van der Waals surface area contributed by atoms with E-state index in [1.54, 1.807) is 23.1 Å². The quantitative estimate of drug-likeness (QED) is 0.433. The molecule has 30 heavy (non-hydrogen) atoms. The van der Waals surface area contributed by atoms with Crippen molar-refractivity contribution < 1.29 is 24.2 Å². The van der Waals surface area contributed by atoms with E-state index in [4.69, 9.17) is 9.47 Å². The van der Waals surface area contributed by atoms with E-state index in [0.717, 1.165) is 17.8 Å². The normalized spacial score (nSPS) is 20.2. The first-order valence-electron chi connectivity index (χ1n) is 9.84. The Morgan fingerprint density at radius 1 is 1.20 bits per heavy atom. The van der Waals surface area contributed by atoms with Crippen molar-refractivity contribution in [2.75, 3.05) is 40.4 Å². The number of ketones is 1. The van der Waals surface area contributed by atoms with E-state index in [0.29, 0.717) is 36.8 Å². The zero-order valence-electron chi connectivity index (χ0n) is 17.0. The summed E-state index contributed by atoms with van der Waals surface area (Å²) in [5, 5.41) is 13.0. The van der Waals surface area contributed by atoms with Crippen molar-refractivity contribution in [1.29, 1.82) is 0 Å². The van der Waals surface area contributed by atoms with Gasteiger partial charge in [0.05, 0.1) is 11.6 Å². The number of likely N-dealkylation sites (tertiary alicyclic amines) is 1. The van der Waals surface area contributed by atoms with E-state index in [1.165, 1.54) is 11.3 Å². The van der Waals surface area contributed by atoms with Gasteiger partial charge < -0.3 is 24.4 Å². The molecule has 1 amide bonds. The minimum Gasteiger partial charge on any atom is -0.507 e. The van der Waals surface area contributed by atoms with E-state index in [-0.39, 0.29) is 11.3 Å². The monoisotopic (exact) mass is 428 g/mol. The molecular weight excluding hydrogens is 404 g/mol. The van der Waals surface area contributed by atoms with Crippen LogP contribution in [0, 0.1) is 0 Å². The van der Waals surface area contributed by atoms with E-state index in [2.05, 4.69) is 0 Å². The Hall–Kier alpha value is -2.84. The molecule has 1 fully saturated rings. The smallest absolute Gasteiger partial charge is 0.295 e. The molecule has 3 heterocycles. The average molecular weight is 429 g/mol. The van der Waals surface area contributed by atoms with Crippen molar-refractivity contribution in [3.63, 3.8) is 0 Å². The summed E-state index contributed by atoms with van der Waals surface area (Å²) < 4.78 is 11.1. The van der Waals surface area contributed by atoms with Gasteiger partial charge in [0.2, 0.25) is 0 Å². The van der Waals surface area contributed by atoms with Crippen LogP contribution in [-0.2, 0) is 9.59 Å². The van der Waals surface area contributed by atoms with Crippen LogP contribution in [-0.4, -0.2) is 67.0 Å². The molecule has 0 aliphatic carbocycles. The Balaban J connectivity index is 1.74. The van der Waals surface area contributed by atoms with Gasteiger partial charge in [0, 0.05) is 17.0 Å². The number of aliphatic hydroxyl groups is 1. The standard InChI is InChI=1S/C22H24N2O5S/c1-23(2)8-4-9-24-19(17-5-3-12-30-17)18(21(26)22(24)27)20(25)14-6-7-15-16(13-14)29-11-10-28-15/h3,5-7,12-13,19,25H,4,8-11H2,1-2H3/t19-/m1/s1. The zero-order chi connectivity index (χ0) is 21.3. The topological polar surface area (TPSA) is 79.3 Å². The number of nitrogens with zero attached hydrogens (tertiary/aromatic N) is 2. The first-order chi connectivity index (χ1) is 14.5. The lowest BCUT2D eigenvalue weighted by atomic mass is 9.99. The number of carbonyl (C=O) groups excluding carboxylic acids is 2. The highest BCUT2D eigenvalue weighted by Gasteiger charge is 2.46. The van der Waals surface area contributed by atoms with Gasteiger partial charge in [-0.2, -0.15) is 0 Å². The van der Waals surface area contributed by atoms with Gasteiger partial charge in [0.1, 0.15) is 19.0 Å². The second kappa shape index (κ2) is 8.49. The van der Waals surface area contributed by atoms with Gasteiger partial charge >= 0.3 is 0 Å². The number of thiophene rings is 1. The molecule has 1 aromatic carbocycles. The molecule has 0 saturated carbocycles. The van der Waals surface area contributed by atoms with Crippen LogP contribution < -0.4 is 9.47 Å². The zero-order valence-corrected chi connectivity index (χ0v) is 17.8. The van der Waals surface area contributed by atoms with Crippen molar-refractivity contribution in [3.8, 4) is 11.5 Å². The second-order valence-corrected chi connectivity index (χ2v) is 8.50. The van der Waals surface area contributed by atoms with Gasteiger partial charge in [-0.05, 0) is 56.7 Å². The summed E-state index contributed by atoms with van der Waals surface area (Å²) in [6, 6.07) is 8.20. The summed E-state index contributed by atoms with van der Waals surface area (Å²) in [4.78, 5) is 30.2. The molecule has 1 saturated heterocycles. The van der Waals surface area contributed by atoms with Gasteiger partial charge in [0.15, 0.2) is 11.5 Å². The van der Waals surface area contributed by atoms with Gasteiger partial charge in [-0.15, -0.1) is 11.3 Å². The van der Waals surface area contributed by atoms with Crippen LogP contribution in [0.25, 0.3) is 5.76 Å². The Labute approximate surface area is 179 Å². The SMILES string of the molecule is CN(C)CCCN1C(=O)C(=O)C(=C(O)c2ccc3c(c2)OCCO3)[C@H]1c1cccs1. The van der Waals surface area contributed by atoms with Crippen molar-refractivity contribution in [2.24, 2.45) is 0 Å². The second-order valence-electron chi connectivity index (χ2n) is 7.52. The van der Waals surface area contributed by atoms with Crippen molar-refractivity contribution in [1.82, 2.24) is 9.80 Å². The fourth-order valence-electron chi connectivity index (χ4n) is 3.76. The Kier molecular flexibility index (Phi) is 5.78. The molecule has 0 spiro atoms. The molecule has 2 aliphatic rings. The van der Waals surface area contributed by atoms with Gasteiger partial charge in [-0.1, -0.05) is 6.07 Å². The third-order valence-electron chi connectivity index (χ3n) is 5.17. The average Bonchev–Trinajstić information content (AvgIpc) is 3.35. The Morgan fingerprint density at radius 3 is 2.67 bits per heavy atom. The molecule has 1 atom stereocenters. The van der Waals surface area contributed by atoms with Crippen molar-refractivity contribution in [3.05, 3.63) is 51.7 Å². The Bertz CT molecular complexity index is 983. The molecule has 1 N–H and O–H groups in total. The highest BCUT2D eigenvalue weighted by atomic mass is 32.1. The molecule has 2 aromatic rings. The Morgan fingerprint density at radius 2 is 1.97 bits per heavy atom. The lowest BCUT2D eigenvalue weighted by molar-refractivity contribution is -0.139.